The number of hydrazone groups is 1. The van der Waals surface area contributed by atoms with E-state index in [0.29, 0.717) is 22.9 Å². The van der Waals surface area contributed by atoms with Crippen molar-refractivity contribution in [2.45, 2.75) is 19.9 Å². The minimum atomic E-state index is -0.962. The van der Waals surface area contributed by atoms with Gasteiger partial charge >= 0.3 is 11.8 Å². The molecule has 0 atom stereocenters. The maximum Gasteiger partial charge on any atom is 0.329 e. The summed E-state index contributed by atoms with van der Waals surface area (Å²) in [4.78, 5) is 35.5. The van der Waals surface area contributed by atoms with Crippen LogP contribution in [0.5, 0.6) is 5.75 Å². The number of rotatable bonds is 7. The van der Waals surface area contributed by atoms with Gasteiger partial charge in [0, 0.05) is 5.71 Å². The van der Waals surface area contributed by atoms with Gasteiger partial charge in [0.05, 0.1) is 32.0 Å². The molecule has 1 heterocycles. The number of carbonyl (C=O) groups excluding carboxylic acids is 3. The molecule has 27 heavy (non-hydrogen) atoms. The highest BCUT2D eigenvalue weighted by atomic mass is 16.5. The van der Waals surface area contributed by atoms with Gasteiger partial charge in [0.1, 0.15) is 11.5 Å². The van der Waals surface area contributed by atoms with Crippen molar-refractivity contribution in [1.29, 1.82) is 0 Å². The fraction of sp³-hybridized carbons (Fsp3) is 0.222. The molecule has 2 aromatic rings. The molecule has 1 aromatic heterocycles. The molecule has 142 valence electrons. The third-order valence-electron chi connectivity index (χ3n) is 3.37. The van der Waals surface area contributed by atoms with Gasteiger partial charge in [-0.3, -0.25) is 14.4 Å². The van der Waals surface area contributed by atoms with Crippen LogP contribution in [-0.2, 0) is 20.9 Å². The normalized spacial score (nSPS) is 10.8. The topological polar surface area (TPSA) is 122 Å². The molecule has 0 saturated carbocycles. The Morgan fingerprint density at radius 3 is 2.59 bits per heavy atom. The predicted molar refractivity (Wildman–Crippen MR) is 98.0 cm³/mol. The highest BCUT2D eigenvalue weighted by Crippen LogP contribution is 2.22. The van der Waals surface area contributed by atoms with Crippen LogP contribution in [0.25, 0.3) is 0 Å². The minimum Gasteiger partial charge on any atom is -0.495 e. The van der Waals surface area contributed by atoms with Crippen molar-refractivity contribution in [3.05, 3.63) is 48.4 Å². The Hall–Kier alpha value is -3.62. The summed E-state index contributed by atoms with van der Waals surface area (Å²) in [5, 5.41) is 8.83. The molecule has 2 rings (SSSR count). The Kier molecular flexibility index (Phi) is 7.12. The summed E-state index contributed by atoms with van der Waals surface area (Å²) in [5.41, 5.74) is 2.81. The number of benzene rings is 1. The zero-order chi connectivity index (χ0) is 19.6. The second kappa shape index (κ2) is 9.76. The summed E-state index contributed by atoms with van der Waals surface area (Å²) in [6.45, 7) is 1.82. The third-order valence-corrected chi connectivity index (χ3v) is 3.37. The average molecular weight is 372 g/mol. The number of anilines is 1. The van der Waals surface area contributed by atoms with Crippen LogP contribution in [0.1, 0.15) is 19.1 Å². The molecule has 0 radical (unpaired) electrons. The zero-order valence-corrected chi connectivity index (χ0v) is 14.9. The maximum atomic E-state index is 11.9. The molecule has 0 unspecified atom stereocenters. The second-order valence-electron chi connectivity index (χ2n) is 5.48. The van der Waals surface area contributed by atoms with Crippen LogP contribution < -0.4 is 20.8 Å². The van der Waals surface area contributed by atoms with E-state index in [1.807, 2.05) is 0 Å². The van der Waals surface area contributed by atoms with Gasteiger partial charge in [0.25, 0.3) is 0 Å². The molecule has 9 heteroatoms. The van der Waals surface area contributed by atoms with Gasteiger partial charge in [-0.15, -0.1) is 0 Å². The van der Waals surface area contributed by atoms with E-state index in [9.17, 15) is 14.4 Å². The monoisotopic (exact) mass is 372 g/mol. The van der Waals surface area contributed by atoms with Crippen LogP contribution in [0.3, 0.4) is 0 Å². The van der Waals surface area contributed by atoms with Crippen molar-refractivity contribution in [1.82, 2.24) is 10.7 Å². The Morgan fingerprint density at radius 2 is 1.89 bits per heavy atom. The van der Waals surface area contributed by atoms with Crippen LogP contribution in [0.4, 0.5) is 5.69 Å². The van der Waals surface area contributed by atoms with Gasteiger partial charge in [-0.25, -0.2) is 5.43 Å². The number of hydrogen-bond acceptors (Lipinski definition) is 6. The van der Waals surface area contributed by atoms with Crippen LogP contribution >= 0.6 is 0 Å². The molecular weight excluding hydrogens is 352 g/mol. The number of nitrogens with one attached hydrogen (secondary N) is 3. The molecule has 0 bridgehead atoms. The summed E-state index contributed by atoms with van der Waals surface area (Å²) in [7, 11) is 1.45. The number of amides is 3. The van der Waals surface area contributed by atoms with Crippen molar-refractivity contribution in [2.24, 2.45) is 5.10 Å². The molecule has 9 nitrogen and oxygen atoms in total. The molecule has 0 aliphatic carbocycles. The van der Waals surface area contributed by atoms with E-state index < -0.39 is 11.8 Å². The molecule has 0 saturated heterocycles. The summed E-state index contributed by atoms with van der Waals surface area (Å²) >= 11 is 0. The maximum absolute atomic E-state index is 11.9. The van der Waals surface area contributed by atoms with E-state index in [0.717, 1.165) is 0 Å². The van der Waals surface area contributed by atoms with E-state index in [1.165, 1.54) is 13.4 Å². The molecule has 0 fully saturated rings. The Bertz CT molecular complexity index is 830. The lowest BCUT2D eigenvalue weighted by atomic mass is 10.3. The first kappa shape index (κ1) is 19.7. The molecule has 0 spiro atoms. The quantitative estimate of drug-likeness (QED) is 0.385. The van der Waals surface area contributed by atoms with Crippen molar-refractivity contribution in [3.8, 4) is 5.75 Å². The minimum absolute atomic E-state index is 0.0326. The van der Waals surface area contributed by atoms with Crippen molar-refractivity contribution >= 4 is 29.1 Å². The third kappa shape index (κ3) is 6.31. The highest BCUT2D eigenvalue weighted by Gasteiger charge is 2.15. The Labute approximate surface area is 155 Å². The molecular formula is C18H20N4O5. The largest absolute Gasteiger partial charge is 0.495 e. The molecule has 0 aliphatic heterocycles. The predicted octanol–water partition coefficient (Wildman–Crippen LogP) is 1.43. The first-order chi connectivity index (χ1) is 13.0. The first-order valence-electron chi connectivity index (χ1n) is 8.06. The number of carbonyl (C=O) groups is 3. The summed E-state index contributed by atoms with van der Waals surface area (Å²) in [5.74, 6) is -1.11. The summed E-state index contributed by atoms with van der Waals surface area (Å²) < 4.78 is 10.2. The highest BCUT2D eigenvalue weighted by molar-refractivity contribution is 6.39. The second-order valence-corrected chi connectivity index (χ2v) is 5.48. The van der Waals surface area contributed by atoms with Gasteiger partial charge < -0.3 is 19.8 Å². The fourth-order valence-electron chi connectivity index (χ4n) is 2.06. The van der Waals surface area contributed by atoms with E-state index >= 15 is 0 Å². The van der Waals surface area contributed by atoms with E-state index in [1.54, 1.807) is 43.3 Å². The lowest BCUT2D eigenvalue weighted by molar-refractivity contribution is -0.136. The summed E-state index contributed by atoms with van der Waals surface area (Å²) in [6.07, 6.45) is 1.48. The van der Waals surface area contributed by atoms with Crippen LogP contribution in [0.2, 0.25) is 0 Å². The van der Waals surface area contributed by atoms with Gasteiger partial charge in [-0.05, 0) is 31.2 Å². The van der Waals surface area contributed by atoms with Gasteiger partial charge in [-0.1, -0.05) is 12.1 Å². The SMILES string of the molecule is COc1ccccc1NC(=O)C(=O)NN=C(C)CC(=O)NCc1ccco1. The van der Waals surface area contributed by atoms with E-state index in [4.69, 9.17) is 9.15 Å². The van der Waals surface area contributed by atoms with Gasteiger partial charge in [0.2, 0.25) is 5.91 Å². The van der Waals surface area contributed by atoms with E-state index in [2.05, 4.69) is 21.2 Å². The van der Waals surface area contributed by atoms with Crippen molar-refractivity contribution in [3.63, 3.8) is 0 Å². The van der Waals surface area contributed by atoms with Crippen LogP contribution in [0.15, 0.2) is 52.2 Å². The number of nitrogens with zero attached hydrogens (tertiary/aromatic N) is 1. The number of furan rings is 1. The Morgan fingerprint density at radius 1 is 1.11 bits per heavy atom. The van der Waals surface area contributed by atoms with Crippen LogP contribution in [-0.4, -0.2) is 30.5 Å². The zero-order valence-electron chi connectivity index (χ0n) is 14.9. The number of hydrogen-bond donors (Lipinski definition) is 3. The molecule has 1 aromatic carbocycles. The number of methoxy groups -OCH3 is 1. The van der Waals surface area contributed by atoms with Crippen molar-refractivity contribution in [2.75, 3.05) is 12.4 Å². The fourth-order valence-corrected chi connectivity index (χ4v) is 2.06. The van der Waals surface area contributed by atoms with Crippen molar-refractivity contribution < 1.29 is 23.5 Å². The van der Waals surface area contributed by atoms with Gasteiger partial charge in [0.15, 0.2) is 0 Å². The van der Waals surface area contributed by atoms with Gasteiger partial charge in [-0.2, -0.15) is 5.10 Å². The summed E-state index contributed by atoms with van der Waals surface area (Å²) in [6, 6.07) is 10.1. The molecule has 0 aliphatic rings. The van der Waals surface area contributed by atoms with Crippen LogP contribution in [0, 0.1) is 0 Å². The first-order valence-corrected chi connectivity index (χ1v) is 8.06. The smallest absolute Gasteiger partial charge is 0.329 e. The Balaban J connectivity index is 1.80. The lowest BCUT2D eigenvalue weighted by Crippen LogP contribution is -2.33. The lowest BCUT2D eigenvalue weighted by Gasteiger charge is -2.09. The number of para-hydroxylation sites is 2. The average Bonchev–Trinajstić information content (AvgIpc) is 3.18. The molecule has 3 amide bonds. The standard InChI is InChI=1S/C18H20N4O5/c1-12(10-16(23)19-11-13-6-5-9-27-13)21-22-18(25)17(24)20-14-7-3-4-8-15(14)26-2/h3-9H,10-11H2,1-2H3,(H,19,23)(H,20,24)(H,22,25). The number of ether oxygens (including phenoxy) is 1. The molecule has 3 N–H and O–H groups in total. The van der Waals surface area contributed by atoms with E-state index in [-0.39, 0.29) is 18.9 Å².